The van der Waals surface area contributed by atoms with Gasteiger partial charge in [0.25, 0.3) is 15.9 Å². The molecule has 258 valence electrons. The first kappa shape index (κ1) is 35.6. The number of nitrogens with two attached hydrogens (primary N) is 1. The van der Waals surface area contributed by atoms with Gasteiger partial charge in [-0.1, -0.05) is 62.4 Å². The monoisotopic (exact) mass is 686 g/mol. The lowest BCUT2D eigenvalue weighted by atomic mass is 9.92. The predicted molar refractivity (Wildman–Crippen MR) is 189 cm³/mol. The van der Waals surface area contributed by atoms with Crippen LogP contribution in [0.15, 0.2) is 108 Å². The molecule has 11 heteroatoms. The summed E-state index contributed by atoms with van der Waals surface area (Å²) in [7, 11) is -2.49. The molecule has 2 amide bonds. The summed E-state index contributed by atoms with van der Waals surface area (Å²) in [6.45, 7) is 4.35. The van der Waals surface area contributed by atoms with Gasteiger partial charge in [-0.2, -0.15) is 0 Å². The molecule has 0 bridgehead atoms. The smallest absolute Gasteiger partial charge is 0.264 e. The third kappa shape index (κ3) is 9.45. The van der Waals surface area contributed by atoms with Gasteiger partial charge in [0.2, 0.25) is 5.91 Å². The second-order valence-electron chi connectivity index (χ2n) is 12.9. The van der Waals surface area contributed by atoms with E-state index < -0.39 is 39.7 Å². The van der Waals surface area contributed by atoms with Gasteiger partial charge in [0.1, 0.15) is 11.6 Å². The Morgan fingerprint density at radius 2 is 1.61 bits per heavy atom. The molecule has 5 atom stereocenters. The number of carbonyl (C=O) groups is 2. The average molecular weight is 687 g/mol. The first-order chi connectivity index (χ1) is 23.4. The Balaban J connectivity index is 1.38. The highest BCUT2D eigenvalue weighted by atomic mass is 32.2. The quantitative estimate of drug-likeness (QED) is 0.140. The van der Waals surface area contributed by atoms with E-state index >= 15 is 0 Å². The number of nitrogens with zero attached hydrogens (tertiary/aromatic N) is 1. The van der Waals surface area contributed by atoms with Crippen molar-refractivity contribution >= 4 is 33.2 Å². The molecule has 4 N–H and O–H groups in total. The third-order valence-corrected chi connectivity index (χ3v) is 10.8. The minimum absolute atomic E-state index is 0.119. The summed E-state index contributed by atoms with van der Waals surface area (Å²) in [4.78, 5) is 27.1. The number of amides is 2. The van der Waals surface area contributed by atoms with E-state index in [1.807, 2.05) is 30.3 Å². The molecule has 4 aromatic carbocycles. The molecule has 4 aromatic rings. The van der Waals surface area contributed by atoms with Crippen molar-refractivity contribution < 1.29 is 27.1 Å². The highest BCUT2D eigenvalue weighted by Crippen LogP contribution is 2.38. The number of anilines is 2. The molecule has 0 saturated heterocycles. The molecule has 9 nitrogen and oxygen atoms in total. The fourth-order valence-corrected chi connectivity index (χ4v) is 6.81. The van der Waals surface area contributed by atoms with Crippen molar-refractivity contribution in [2.75, 3.05) is 23.3 Å². The molecular formula is C38H43FN4O5S. The van der Waals surface area contributed by atoms with E-state index in [0.717, 1.165) is 16.3 Å². The van der Waals surface area contributed by atoms with Crippen LogP contribution in [0.2, 0.25) is 0 Å². The van der Waals surface area contributed by atoms with Crippen molar-refractivity contribution in [1.82, 2.24) is 5.32 Å². The van der Waals surface area contributed by atoms with E-state index in [-0.39, 0.29) is 28.5 Å². The molecule has 1 fully saturated rings. The number of rotatable bonds is 15. The van der Waals surface area contributed by atoms with Crippen LogP contribution in [0.4, 0.5) is 15.8 Å². The maximum absolute atomic E-state index is 14.0. The fraction of sp³-hybridized carbons (Fsp3) is 0.316. The normalized spacial score (nSPS) is 17.3. The van der Waals surface area contributed by atoms with Gasteiger partial charge in [-0.05, 0) is 85.2 Å². The Hall–Kier alpha value is -4.74. The van der Waals surface area contributed by atoms with Gasteiger partial charge in [-0.15, -0.1) is 0 Å². The van der Waals surface area contributed by atoms with E-state index in [9.17, 15) is 22.4 Å². The number of ether oxygens (including phenoxy) is 1. The standard InChI is InChI=1S/C38H43FN4O5S/c1-25-18-29(25)24-48-33-22-28(21-32(23-33)43(3)49(46,47)34-12-8-5-9-13-34)38(45)42-36(20-27-10-6-4-7-11-27)35(40)19-26(2)37(44)41-31-16-14-30(39)15-17-31/h4-17,21-23,25-26,29,35-36H,18-20,24,40H2,1-3H3,(H,41,44)(H,42,45)/t25?,26-,29?,35+,36+/m1/s1. The van der Waals surface area contributed by atoms with Gasteiger partial charge in [0, 0.05) is 42.4 Å². The first-order valence-corrected chi connectivity index (χ1v) is 17.8. The summed E-state index contributed by atoms with van der Waals surface area (Å²) >= 11 is 0. The largest absolute Gasteiger partial charge is 0.493 e. The van der Waals surface area contributed by atoms with Crippen LogP contribution in [-0.2, 0) is 21.2 Å². The van der Waals surface area contributed by atoms with Gasteiger partial charge in [0.15, 0.2) is 0 Å². The van der Waals surface area contributed by atoms with Crippen molar-refractivity contribution in [2.45, 2.75) is 50.1 Å². The predicted octanol–water partition coefficient (Wildman–Crippen LogP) is 6.02. The van der Waals surface area contributed by atoms with Crippen LogP contribution in [0, 0.1) is 23.6 Å². The molecule has 5 rings (SSSR count). The lowest BCUT2D eigenvalue weighted by molar-refractivity contribution is -0.119. The summed E-state index contributed by atoms with van der Waals surface area (Å²) in [6, 6.07) is 26.7. The maximum Gasteiger partial charge on any atom is 0.264 e. The molecule has 1 aliphatic rings. The zero-order chi connectivity index (χ0) is 35.1. The zero-order valence-corrected chi connectivity index (χ0v) is 28.7. The molecule has 0 aliphatic heterocycles. The molecule has 0 heterocycles. The fourth-order valence-electron chi connectivity index (χ4n) is 5.61. The van der Waals surface area contributed by atoms with Crippen LogP contribution in [-0.4, -0.2) is 46.0 Å². The molecule has 49 heavy (non-hydrogen) atoms. The average Bonchev–Trinajstić information content (AvgIpc) is 3.82. The lowest BCUT2D eigenvalue weighted by Crippen LogP contribution is -2.50. The molecule has 0 spiro atoms. The number of halogens is 1. The number of hydrogen-bond donors (Lipinski definition) is 3. The van der Waals surface area contributed by atoms with E-state index in [0.29, 0.717) is 36.3 Å². The molecule has 0 aromatic heterocycles. The van der Waals surface area contributed by atoms with Crippen LogP contribution < -0.4 is 25.4 Å². The number of nitrogens with one attached hydrogen (secondary N) is 2. The molecule has 1 aliphatic carbocycles. The van der Waals surface area contributed by atoms with Crippen LogP contribution >= 0.6 is 0 Å². The van der Waals surface area contributed by atoms with Crippen LogP contribution in [0.3, 0.4) is 0 Å². The number of carbonyl (C=O) groups excluding carboxylic acids is 2. The first-order valence-electron chi connectivity index (χ1n) is 16.4. The third-order valence-electron chi connectivity index (χ3n) is 8.98. The highest BCUT2D eigenvalue weighted by molar-refractivity contribution is 7.92. The number of benzene rings is 4. The minimum Gasteiger partial charge on any atom is -0.493 e. The lowest BCUT2D eigenvalue weighted by Gasteiger charge is -2.28. The number of hydrogen-bond acceptors (Lipinski definition) is 6. The van der Waals surface area contributed by atoms with Crippen molar-refractivity contribution in [1.29, 1.82) is 0 Å². The van der Waals surface area contributed by atoms with E-state index in [1.54, 1.807) is 37.3 Å². The Labute approximate surface area is 287 Å². The molecule has 1 saturated carbocycles. The Morgan fingerprint density at radius 1 is 0.980 bits per heavy atom. The Kier molecular flexibility index (Phi) is 11.4. The molecule has 2 unspecified atom stereocenters. The van der Waals surface area contributed by atoms with Crippen molar-refractivity contribution in [3.63, 3.8) is 0 Å². The summed E-state index contributed by atoms with van der Waals surface area (Å²) in [5.41, 5.74) is 8.60. The Morgan fingerprint density at radius 3 is 2.24 bits per heavy atom. The molecular weight excluding hydrogens is 644 g/mol. The Bertz CT molecular complexity index is 1840. The van der Waals surface area contributed by atoms with Crippen LogP contribution in [0.25, 0.3) is 0 Å². The summed E-state index contributed by atoms with van der Waals surface area (Å²) in [5.74, 6) is -0.341. The summed E-state index contributed by atoms with van der Waals surface area (Å²) in [6.07, 6.45) is 1.69. The van der Waals surface area contributed by atoms with Crippen LogP contribution in [0.5, 0.6) is 5.75 Å². The summed E-state index contributed by atoms with van der Waals surface area (Å²) in [5, 5.41) is 5.86. The van der Waals surface area contributed by atoms with E-state index in [4.69, 9.17) is 10.5 Å². The van der Waals surface area contributed by atoms with E-state index in [1.165, 1.54) is 49.5 Å². The van der Waals surface area contributed by atoms with Gasteiger partial charge in [-0.3, -0.25) is 13.9 Å². The van der Waals surface area contributed by atoms with Gasteiger partial charge >= 0.3 is 0 Å². The van der Waals surface area contributed by atoms with Crippen LogP contribution in [0.1, 0.15) is 42.6 Å². The van der Waals surface area contributed by atoms with E-state index in [2.05, 4.69) is 17.6 Å². The number of sulfonamides is 1. The maximum atomic E-state index is 14.0. The van der Waals surface area contributed by atoms with Crippen molar-refractivity contribution in [3.8, 4) is 5.75 Å². The zero-order valence-electron chi connectivity index (χ0n) is 27.9. The van der Waals surface area contributed by atoms with Crippen molar-refractivity contribution in [2.24, 2.45) is 23.5 Å². The van der Waals surface area contributed by atoms with Gasteiger partial charge in [0.05, 0.1) is 17.2 Å². The SMILES string of the molecule is CC1CC1COc1cc(C(=O)N[C@@H](Cc2ccccc2)[C@@H](N)C[C@@H](C)C(=O)Nc2ccc(F)cc2)cc(N(C)S(=O)(=O)c2ccccc2)c1. The van der Waals surface area contributed by atoms with Crippen molar-refractivity contribution in [3.05, 3.63) is 120 Å². The topological polar surface area (TPSA) is 131 Å². The van der Waals surface area contributed by atoms with Gasteiger partial charge < -0.3 is 21.1 Å². The highest BCUT2D eigenvalue weighted by Gasteiger charge is 2.33. The summed E-state index contributed by atoms with van der Waals surface area (Å²) < 4.78 is 47.6. The minimum atomic E-state index is -3.93. The van der Waals surface area contributed by atoms with Gasteiger partial charge in [-0.25, -0.2) is 12.8 Å². The second-order valence-corrected chi connectivity index (χ2v) is 14.8. The second kappa shape index (κ2) is 15.7. The molecule has 0 radical (unpaired) electrons.